The molecule has 1 aliphatic rings. The van der Waals surface area contributed by atoms with Gasteiger partial charge in [0, 0.05) is 38.8 Å². The average Bonchev–Trinajstić information content (AvgIpc) is 2.75. The molecule has 0 saturated heterocycles. The Labute approximate surface area is 117 Å². The first kappa shape index (κ1) is 12.1. The van der Waals surface area contributed by atoms with Crippen LogP contribution < -0.4 is 10.5 Å². The minimum Gasteiger partial charge on any atom is -0.484 e. The lowest BCUT2D eigenvalue weighted by Crippen LogP contribution is -2.23. The second-order valence-electron chi connectivity index (χ2n) is 4.30. The fraction of sp³-hybridized carbons (Fsp3) is 0.231. The van der Waals surface area contributed by atoms with Gasteiger partial charge in [0.25, 0.3) is 0 Å². The molecular weight excluding hydrogens is 317 g/mol. The van der Waals surface area contributed by atoms with Gasteiger partial charge in [-0.15, -0.1) is 11.3 Å². The van der Waals surface area contributed by atoms with Crippen LogP contribution in [0.3, 0.4) is 0 Å². The van der Waals surface area contributed by atoms with Gasteiger partial charge in [0.2, 0.25) is 0 Å². The highest BCUT2D eigenvalue weighted by Gasteiger charge is 2.28. The summed E-state index contributed by atoms with van der Waals surface area (Å²) in [6.45, 7) is 0. The van der Waals surface area contributed by atoms with Crippen LogP contribution >= 0.6 is 27.3 Å². The molecule has 2 atom stereocenters. The number of hydrogen-bond donors (Lipinski definition) is 1. The van der Waals surface area contributed by atoms with Gasteiger partial charge < -0.3 is 10.5 Å². The van der Waals surface area contributed by atoms with Crippen molar-refractivity contribution < 1.29 is 9.13 Å². The van der Waals surface area contributed by atoms with Crippen molar-refractivity contribution in [1.29, 1.82) is 0 Å². The number of fused-ring (bicyclic) bond motifs is 1. The second-order valence-corrected chi connectivity index (χ2v) is 6.16. The molecular formula is C13H11BrFNOS. The summed E-state index contributed by atoms with van der Waals surface area (Å²) < 4.78 is 20.1. The molecule has 0 bridgehead atoms. The molecule has 2 aromatic rings. The molecule has 0 aliphatic carbocycles. The monoisotopic (exact) mass is 327 g/mol. The van der Waals surface area contributed by atoms with Crippen molar-refractivity contribution in [2.75, 3.05) is 0 Å². The zero-order valence-corrected chi connectivity index (χ0v) is 11.8. The Morgan fingerprint density at radius 1 is 1.39 bits per heavy atom. The van der Waals surface area contributed by atoms with Crippen LogP contribution in [0.5, 0.6) is 5.75 Å². The SMILES string of the molecule is NC1CC(c2cc(Br)cs2)Oc2cc(F)ccc21. The molecule has 1 aromatic heterocycles. The van der Waals surface area contributed by atoms with E-state index < -0.39 is 0 Å². The van der Waals surface area contributed by atoms with Crippen molar-refractivity contribution in [3.8, 4) is 5.75 Å². The third-order valence-electron chi connectivity index (χ3n) is 3.02. The van der Waals surface area contributed by atoms with Crippen LogP contribution in [0.1, 0.15) is 29.0 Å². The average molecular weight is 328 g/mol. The molecule has 1 aliphatic heterocycles. The Hall–Kier alpha value is -0.910. The normalized spacial score (nSPS) is 22.4. The minimum absolute atomic E-state index is 0.0920. The van der Waals surface area contributed by atoms with Gasteiger partial charge in [-0.25, -0.2) is 4.39 Å². The quantitative estimate of drug-likeness (QED) is 0.853. The summed E-state index contributed by atoms with van der Waals surface area (Å²) in [6, 6.07) is 6.44. The number of ether oxygens (including phenoxy) is 1. The molecule has 94 valence electrons. The molecule has 0 fully saturated rings. The van der Waals surface area contributed by atoms with E-state index in [1.807, 2.05) is 11.4 Å². The van der Waals surface area contributed by atoms with Crippen LogP contribution in [0, 0.1) is 5.82 Å². The van der Waals surface area contributed by atoms with Crippen LogP contribution in [0.25, 0.3) is 0 Å². The van der Waals surface area contributed by atoms with Crippen molar-refractivity contribution in [3.63, 3.8) is 0 Å². The predicted octanol–water partition coefficient (Wildman–Crippen LogP) is 4.17. The number of thiophene rings is 1. The third-order valence-corrected chi connectivity index (χ3v) is 4.80. The van der Waals surface area contributed by atoms with Gasteiger partial charge in [-0.1, -0.05) is 6.07 Å². The lowest BCUT2D eigenvalue weighted by atomic mass is 9.96. The van der Waals surface area contributed by atoms with Gasteiger partial charge in [-0.3, -0.25) is 0 Å². The number of hydrogen-bond acceptors (Lipinski definition) is 3. The van der Waals surface area contributed by atoms with Gasteiger partial charge >= 0.3 is 0 Å². The van der Waals surface area contributed by atoms with Gasteiger partial charge in [0.1, 0.15) is 17.7 Å². The van der Waals surface area contributed by atoms with E-state index in [0.29, 0.717) is 12.2 Å². The summed E-state index contributed by atoms with van der Waals surface area (Å²) in [7, 11) is 0. The van der Waals surface area contributed by atoms with Crippen molar-refractivity contribution in [1.82, 2.24) is 0 Å². The smallest absolute Gasteiger partial charge is 0.135 e. The van der Waals surface area contributed by atoms with E-state index >= 15 is 0 Å². The molecule has 1 aromatic carbocycles. The van der Waals surface area contributed by atoms with Gasteiger partial charge in [0.15, 0.2) is 0 Å². The molecule has 2 N–H and O–H groups in total. The van der Waals surface area contributed by atoms with E-state index in [1.54, 1.807) is 17.4 Å². The predicted molar refractivity (Wildman–Crippen MR) is 73.3 cm³/mol. The first-order valence-corrected chi connectivity index (χ1v) is 7.26. The summed E-state index contributed by atoms with van der Waals surface area (Å²) in [4.78, 5) is 1.10. The first-order chi connectivity index (χ1) is 8.63. The van der Waals surface area contributed by atoms with Crippen molar-refractivity contribution in [3.05, 3.63) is 50.4 Å². The maximum atomic E-state index is 13.2. The van der Waals surface area contributed by atoms with Crippen molar-refractivity contribution in [2.45, 2.75) is 18.6 Å². The molecule has 2 unspecified atom stereocenters. The Morgan fingerprint density at radius 3 is 2.94 bits per heavy atom. The highest BCUT2D eigenvalue weighted by Crippen LogP contribution is 2.41. The fourth-order valence-corrected chi connectivity index (χ4v) is 3.63. The molecule has 0 amide bonds. The molecule has 18 heavy (non-hydrogen) atoms. The molecule has 5 heteroatoms. The lowest BCUT2D eigenvalue weighted by Gasteiger charge is -2.29. The summed E-state index contributed by atoms with van der Waals surface area (Å²) >= 11 is 5.04. The highest BCUT2D eigenvalue weighted by molar-refractivity contribution is 9.10. The van der Waals surface area contributed by atoms with Gasteiger partial charge in [-0.05, 0) is 28.1 Å². The van der Waals surface area contributed by atoms with E-state index in [4.69, 9.17) is 10.5 Å². The Bertz CT molecular complexity index is 586. The van der Waals surface area contributed by atoms with E-state index in [0.717, 1.165) is 14.9 Å². The topological polar surface area (TPSA) is 35.2 Å². The highest BCUT2D eigenvalue weighted by atomic mass is 79.9. The number of nitrogens with two attached hydrogens (primary N) is 1. The number of benzene rings is 1. The van der Waals surface area contributed by atoms with Crippen LogP contribution in [-0.2, 0) is 0 Å². The minimum atomic E-state index is -0.297. The molecule has 2 heterocycles. The Morgan fingerprint density at radius 2 is 2.22 bits per heavy atom. The van der Waals surface area contributed by atoms with E-state index in [2.05, 4.69) is 15.9 Å². The van der Waals surface area contributed by atoms with Crippen LogP contribution in [0.4, 0.5) is 4.39 Å². The van der Waals surface area contributed by atoms with Crippen LogP contribution in [0.2, 0.25) is 0 Å². The summed E-state index contributed by atoms with van der Waals surface area (Å²) in [5.74, 6) is 0.261. The summed E-state index contributed by atoms with van der Waals surface area (Å²) in [5, 5.41) is 2.01. The maximum Gasteiger partial charge on any atom is 0.135 e. The number of rotatable bonds is 1. The third kappa shape index (κ3) is 2.18. The zero-order valence-electron chi connectivity index (χ0n) is 9.40. The maximum absolute atomic E-state index is 13.2. The summed E-state index contributed by atoms with van der Waals surface area (Å²) in [5.41, 5.74) is 7.00. The summed E-state index contributed by atoms with van der Waals surface area (Å²) in [6.07, 6.45) is 0.622. The standard InChI is InChI=1S/C13H11BrFNOS/c14-7-3-13(18-6-7)12-5-10(16)9-2-1-8(15)4-11(9)17-12/h1-4,6,10,12H,5,16H2. The zero-order chi connectivity index (χ0) is 12.7. The lowest BCUT2D eigenvalue weighted by molar-refractivity contribution is 0.164. The molecule has 2 nitrogen and oxygen atoms in total. The molecule has 3 rings (SSSR count). The molecule has 0 spiro atoms. The second kappa shape index (κ2) is 4.64. The number of halogens is 2. The van der Waals surface area contributed by atoms with Crippen molar-refractivity contribution >= 4 is 27.3 Å². The van der Waals surface area contributed by atoms with E-state index in [9.17, 15) is 4.39 Å². The Kier molecular flexibility index (Phi) is 3.13. The molecule has 0 radical (unpaired) electrons. The Balaban J connectivity index is 1.95. The first-order valence-electron chi connectivity index (χ1n) is 5.59. The van der Waals surface area contributed by atoms with E-state index in [-0.39, 0.29) is 18.0 Å². The van der Waals surface area contributed by atoms with Crippen molar-refractivity contribution in [2.24, 2.45) is 5.73 Å². The van der Waals surface area contributed by atoms with E-state index in [1.165, 1.54) is 12.1 Å². The fourth-order valence-electron chi connectivity index (χ4n) is 2.15. The largest absolute Gasteiger partial charge is 0.484 e. The molecule has 0 saturated carbocycles. The van der Waals surface area contributed by atoms with Crippen LogP contribution in [0.15, 0.2) is 34.1 Å². The van der Waals surface area contributed by atoms with Crippen LogP contribution in [-0.4, -0.2) is 0 Å². The van der Waals surface area contributed by atoms with Gasteiger partial charge in [0.05, 0.1) is 0 Å². The van der Waals surface area contributed by atoms with Gasteiger partial charge in [-0.2, -0.15) is 0 Å².